The average molecular weight is 380 g/mol. The lowest BCUT2D eigenvalue weighted by Crippen LogP contribution is -2.24. The Morgan fingerprint density at radius 3 is 2.68 bits per heavy atom. The molecule has 7 nitrogen and oxygen atoms in total. The summed E-state index contributed by atoms with van der Waals surface area (Å²) < 4.78 is 23.6. The number of halogens is 1. The molecule has 0 unspecified atom stereocenters. The molecular weight excluding hydrogens is 363 g/mol. The van der Waals surface area contributed by atoms with Gasteiger partial charge in [-0.05, 0) is 55.0 Å². The predicted octanol–water partition coefficient (Wildman–Crippen LogP) is 3.33. The fourth-order valence-electron chi connectivity index (χ4n) is 2.73. The second kappa shape index (κ2) is 7.51. The van der Waals surface area contributed by atoms with E-state index in [1.807, 2.05) is 18.2 Å². The largest absolute Gasteiger partial charge is 0.454 e. The van der Waals surface area contributed by atoms with E-state index in [1.54, 1.807) is 25.1 Å². The minimum Gasteiger partial charge on any atom is -0.454 e. The number of amides is 1. The molecule has 0 fully saturated rings. The molecule has 2 aromatic carbocycles. The van der Waals surface area contributed by atoms with Crippen LogP contribution < -0.4 is 20.1 Å². The van der Waals surface area contributed by atoms with Gasteiger partial charge in [-0.3, -0.25) is 4.79 Å². The minimum atomic E-state index is -0.334. The van der Waals surface area contributed by atoms with Crippen LogP contribution in [0.15, 0.2) is 48.5 Å². The molecule has 3 aromatic rings. The Kier molecular flexibility index (Phi) is 4.76. The first kappa shape index (κ1) is 17.7. The highest BCUT2D eigenvalue weighted by atomic mass is 19.1. The molecule has 0 atom stereocenters. The summed E-state index contributed by atoms with van der Waals surface area (Å²) in [7, 11) is 0. The first-order chi connectivity index (χ1) is 13.6. The number of aromatic nitrogens is 2. The number of carbonyl (C=O) groups excluding carboxylic acids is 1. The average Bonchev–Trinajstić information content (AvgIpc) is 3.15. The minimum absolute atomic E-state index is 0.204. The van der Waals surface area contributed by atoms with Crippen LogP contribution in [0.5, 0.6) is 11.5 Å². The summed E-state index contributed by atoms with van der Waals surface area (Å²) in [5.41, 5.74) is 2.37. The molecule has 142 valence electrons. The molecular formula is C20H17FN4O3. The number of rotatable bonds is 5. The molecule has 0 aliphatic carbocycles. The zero-order chi connectivity index (χ0) is 19.5. The summed E-state index contributed by atoms with van der Waals surface area (Å²) in [6, 6.07) is 12.9. The lowest BCUT2D eigenvalue weighted by Gasteiger charge is -2.09. The zero-order valence-electron chi connectivity index (χ0n) is 15.0. The third kappa shape index (κ3) is 4.01. The highest BCUT2D eigenvalue weighted by Crippen LogP contribution is 2.32. The van der Waals surface area contributed by atoms with Crippen molar-refractivity contribution in [2.75, 3.05) is 12.1 Å². The first-order valence-electron chi connectivity index (χ1n) is 8.62. The highest BCUT2D eigenvalue weighted by Gasteiger charge is 2.15. The normalized spacial score (nSPS) is 11.9. The van der Waals surface area contributed by atoms with Crippen molar-refractivity contribution in [3.63, 3.8) is 0 Å². The van der Waals surface area contributed by atoms with Gasteiger partial charge in [0, 0.05) is 17.9 Å². The van der Waals surface area contributed by atoms with E-state index in [4.69, 9.17) is 9.47 Å². The second-order valence-corrected chi connectivity index (χ2v) is 6.22. The van der Waals surface area contributed by atoms with Crippen LogP contribution in [0.3, 0.4) is 0 Å². The van der Waals surface area contributed by atoms with Crippen molar-refractivity contribution in [2.24, 2.45) is 0 Å². The third-order valence-corrected chi connectivity index (χ3v) is 4.08. The molecule has 1 aliphatic heterocycles. The highest BCUT2D eigenvalue weighted by molar-refractivity contribution is 5.92. The maximum Gasteiger partial charge on any atom is 0.270 e. The molecule has 0 bridgehead atoms. The van der Waals surface area contributed by atoms with Gasteiger partial charge >= 0.3 is 0 Å². The molecule has 0 saturated heterocycles. The molecule has 2 heterocycles. The molecule has 4 rings (SSSR count). The maximum absolute atomic E-state index is 13.0. The molecule has 8 heteroatoms. The van der Waals surface area contributed by atoms with E-state index in [0.29, 0.717) is 29.4 Å². The smallest absolute Gasteiger partial charge is 0.270 e. The van der Waals surface area contributed by atoms with E-state index >= 15 is 0 Å². The van der Waals surface area contributed by atoms with Gasteiger partial charge in [-0.15, -0.1) is 0 Å². The van der Waals surface area contributed by atoms with Crippen LogP contribution in [0.25, 0.3) is 0 Å². The Labute approximate surface area is 160 Å². The van der Waals surface area contributed by atoms with Crippen LogP contribution in [0, 0.1) is 12.7 Å². The van der Waals surface area contributed by atoms with Crippen LogP contribution in [-0.4, -0.2) is 22.7 Å². The van der Waals surface area contributed by atoms with Gasteiger partial charge in [-0.2, -0.15) is 0 Å². The van der Waals surface area contributed by atoms with Crippen LogP contribution >= 0.6 is 0 Å². The summed E-state index contributed by atoms with van der Waals surface area (Å²) in [5, 5.41) is 5.80. The van der Waals surface area contributed by atoms with Crippen LogP contribution in [-0.2, 0) is 6.54 Å². The van der Waals surface area contributed by atoms with Gasteiger partial charge in [0.1, 0.15) is 11.5 Å². The number of aryl methyl sites for hydroxylation is 1. The number of hydrogen-bond acceptors (Lipinski definition) is 6. The standard InChI is InChI=1S/C20H17FN4O3/c1-12-8-16(25-20(23-12)24-15-5-3-14(21)4-6-15)19(26)22-10-13-2-7-17-18(9-13)28-11-27-17/h2-9H,10-11H2,1H3,(H,22,26)(H,23,24,25). The van der Waals surface area contributed by atoms with Crippen molar-refractivity contribution in [1.29, 1.82) is 0 Å². The van der Waals surface area contributed by atoms with E-state index in [9.17, 15) is 9.18 Å². The fourth-order valence-corrected chi connectivity index (χ4v) is 2.73. The number of hydrogen-bond donors (Lipinski definition) is 2. The Morgan fingerprint density at radius 1 is 1.07 bits per heavy atom. The Bertz CT molecular complexity index is 1020. The number of nitrogens with zero attached hydrogens (tertiary/aromatic N) is 2. The molecule has 1 amide bonds. The Morgan fingerprint density at radius 2 is 1.86 bits per heavy atom. The van der Waals surface area contributed by atoms with E-state index in [2.05, 4.69) is 20.6 Å². The summed E-state index contributed by atoms with van der Waals surface area (Å²) in [6.07, 6.45) is 0. The van der Waals surface area contributed by atoms with Crippen molar-refractivity contribution in [3.8, 4) is 11.5 Å². The molecule has 0 spiro atoms. The van der Waals surface area contributed by atoms with E-state index in [0.717, 1.165) is 5.56 Å². The number of anilines is 2. The van der Waals surface area contributed by atoms with Gasteiger partial charge in [0.15, 0.2) is 11.5 Å². The van der Waals surface area contributed by atoms with Crippen LogP contribution in [0.2, 0.25) is 0 Å². The zero-order valence-corrected chi connectivity index (χ0v) is 15.0. The number of fused-ring (bicyclic) bond motifs is 1. The van der Waals surface area contributed by atoms with Gasteiger partial charge in [0.25, 0.3) is 5.91 Å². The number of carbonyl (C=O) groups is 1. The first-order valence-corrected chi connectivity index (χ1v) is 8.62. The lowest BCUT2D eigenvalue weighted by molar-refractivity contribution is 0.0945. The number of nitrogens with one attached hydrogen (secondary N) is 2. The summed E-state index contributed by atoms with van der Waals surface area (Å²) in [6.45, 7) is 2.29. The molecule has 2 N–H and O–H groups in total. The monoisotopic (exact) mass is 380 g/mol. The molecule has 1 aromatic heterocycles. The van der Waals surface area contributed by atoms with Gasteiger partial charge in [0.2, 0.25) is 12.7 Å². The van der Waals surface area contributed by atoms with Crippen molar-refractivity contribution in [3.05, 3.63) is 71.3 Å². The van der Waals surface area contributed by atoms with E-state index in [-0.39, 0.29) is 30.2 Å². The second-order valence-electron chi connectivity index (χ2n) is 6.22. The quantitative estimate of drug-likeness (QED) is 0.706. The summed E-state index contributed by atoms with van der Waals surface area (Å²) in [5.74, 6) is 0.956. The predicted molar refractivity (Wildman–Crippen MR) is 100 cm³/mol. The fraction of sp³-hybridized carbons (Fsp3) is 0.150. The van der Waals surface area contributed by atoms with E-state index in [1.165, 1.54) is 12.1 Å². The van der Waals surface area contributed by atoms with Crippen LogP contribution in [0.1, 0.15) is 21.7 Å². The maximum atomic E-state index is 13.0. The third-order valence-electron chi connectivity index (χ3n) is 4.08. The van der Waals surface area contributed by atoms with Gasteiger partial charge in [-0.1, -0.05) is 6.07 Å². The Hall–Kier alpha value is -3.68. The van der Waals surface area contributed by atoms with Crippen molar-refractivity contribution < 1.29 is 18.7 Å². The number of benzene rings is 2. The molecule has 28 heavy (non-hydrogen) atoms. The van der Waals surface area contributed by atoms with Crippen molar-refractivity contribution >= 4 is 17.5 Å². The lowest BCUT2D eigenvalue weighted by atomic mass is 10.2. The topological polar surface area (TPSA) is 85.4 Å². The summed E-state index contributed by atoms with van der Waals surface area (Å²) >= 11 is 0. The van der Waals surface area contributed by atoms with Crippen LogP contribution in [0.4, 0.5) is 16.0 Å². The summed E-state index contributed by atoms with van der Waals surface area (Å²) in [4.78, 5) is 21.0. The van der Waals surface area contributed by atoms with Gasteiger partial charge < -0.3 is 20.1 Å². The Balaban J connectivity index is 1.45. The molecule has 0 radical (unpaired) electrons. The SMILES string of the molecule is Cc1cc(C(=O)NCc2ccc3c(c2)OCO3)nc(Nc2ccc(F)cc2)n1. The van der Waals surface area contributed by atoms with Crippen molar-refractivity contribution in [2.45, 2.75) is 13.5 Å². The molecule has 1 aliphatic rings. The van der Waals surface area contributed by atoms with E-state index < -0.39 is 0 Å². The number of ether oxygens (including phenoxy) is 2. The molecule has 0 saturated carbocycles. The van der Waals surface area contributed by atoms with Crippen molar-refractivity contribution in [1.82, 2.24) is 15.3 Å². The van der Waals surface area contributed by atoms with Gasteiger partial charge in [0.05, 0.1) is 0 Å². The van der Waals surface area contributed by atoms with Gasteiger partial charge in [-0.25, -0.2) is 14.4 Å².